The van der Waals surface area contributed by atoms with Gasteiger partial charge in [0.15, 0.2) is 10.9 Å². The maximum Gasteiger partial charge on any atom is 0.355 e. The van der Waals surface area contributed by atoms with Gasteiger partial charge in [-0.15, -0.1) is 11.3 Å². The minimum Gasteiger partial charge on any atom is -0.497 e. The molecule has 0 saturated heterocycles. The first-order chi connectivity index (χ1) is 12.5. The molecule has 0 fully saturated rings. The van der Waals surface area contributed by atoms with Crippen LogP contribution in [0.15, 0.2) is 41.9 Å². The number of anilines is 2. The number of Topliss-reactive ketones (excluding diaryl/α,β-unsaturated/α-hetero) is 1. The van der Waals surface area contributed by atoms with Gasteiger partial charge < -0.3 is 19.8 Å². The molecule has 0 aliphatic heterocycles. The number of ketones is 1. The zero-order valence-electron chi connectivity index (χ0n) is 14.2. The predicted molar refractivity (Wildman–Crippen MR) is 98.3 cm³/mol. The third-order valence-corrected chi connectivity index (χ3v) is 4.36. The van der Waals surface area contributed by atoms with E-state index in [1.807, 2.05) is 29.6 Å². The number of benzene rings is 1. The van der Waals surface area contributed by atoms with E-state index in [9.17, 15) is 9.59 Å². The molecule has 1 aromatic carbocycles. The van der Waals surface area contributed by atoms with Gasteiger partial charge in [-0.25, -0.2) is 9.78 Å². The molecule has 2 aromatic heterocycles. The van der Waals surface area contributed by atoms with Crippen molar-refractivity contribution < 1.29 is 19.1 Å². The number of ether oxygens (including phenoxy) is 2. The van der Waals surface area contributed by atoms with E-state index in [-0.39, 0.29) is 18.1 Å². The summed E-state index contributed by atoms with van der Waals surface area (Å²) in [5.41, 5.74) is 2.20. The lowest BCUT2D eigenvalue weighted by Crippen LogP contribution is -2.05. The Labute approximate surface area is 154 Å². The van der Waals surface area contributed by atoms with Gasteiger partial charge >= 0.3 is 5.97 Å². The molecule has 0 aliphatic rings. The van der Waals surface area contributed by atoms with E-state index in [0.717, 1.165) is 11.4 Å². The molecule has 8 heteroatoms. The maximum atomic E-state index is 12.0. The van der Waals surface area contributed by atoms with Gasteiger partial charge in [-0.3, -0.25) is 4.79 Å². The SMILES string of the molecule is COc1ccc(Nc2nc(COC(=O)c3cc(C(C)=O)c[nH]3)cs2)cc1. The van der Waals surface area contributed by atoms with Crippen LogP contribution in [0.4, 0.5) is 10.8 Å². The first-order valence-corrected chi connectivity index (χ1v) is 8.65. The highest BCUT2D eigenvalue weighted by Gasteiger charge is 2.13. The number of carbonyl (C=O) groups is 2. The molecule has 3 aromatic rings. The van der Waals surface area contributed by atoms with E-state index in [1.165, 1.54) is 30.5 Å². The Morgan fingerprint density at radius 3 is 2.69 bits per heavy atom. The highest BCUT2D eigenvalue weighted by atomic mass is 32.1. The average molecular weight is 371 g/mol. The lowest BCUT2D eigenvalue weighted by molar-refractivity contribution is 0.0462. The molecule has 0 atom stereocenters. The number of aromatic nitrogens is 2. The normalized spacial score (nSPS) is 10.4. The lowest BCUT2D eigenvalue weighted by atomic mass is 10.2. The molecular formula is C18H17N3O4S. The number of hydrogen-bond donors (Lipinski definition) is 2. The minimum atomic E-state index is -0.532. The van der Waals surface area contributed by atoms with E-state index in [4.69, 9.17) is 9.47 Å². The van der Waals surface area contributed by atoms with Crippen LogP contribution in [0.5, 0.6) is 5.75 Å². The highest BCUT2D eigenvalue weighted by Crippen LogP contribution is 2.23. The smallest absolute Gasteiger partial charge is 0.355 e. The van der Waals surface area contributed by atoms with Crippen LogP contribution in [0, 0.1) is 0 Å². The van der Waals surface area contributed by atoms with Crippen molar-refractivity contribution in [2.45, 2.75) is 13.5 Å². The minimum absolute atomic E-state index is 0.0497. The van der Waals surface area contributed by atoms with E-state index >= 15 is 0 Å². The van der Waals surface area contributed by atoms with Gasteiger partial charge in [0.05, 0.1) is 12.8 Å². The molecule has 0 unspecified atom stereocenters. The van der Waals surface area contributed by atoms with E-state index in [2.05, 4.69) is 15.3 Å². The molecule has 2 heterocycles. The highest BCUT2D eigenvalue weighted by molar-refractivity contribution is 7.13. The van der Waals surface area contributed by atoms with Crippen molar-refractivity contribution in [1.29, 1.82) is 0 Å². The van der Waals surface area contributed by atoms with Crippen LogP contribution in [-0.4, -0.2) is 28.8 Å². The van der Waals surface area contributed by atoms with Gasteiger partial charge in [-0.1, -0.05) is 0 Å². The molecule has 0 spiro atoms. The number of nitrogens with one attached hydrogen (secondary N) is 2. The van der Waals surface area contributed by atoms with Crippen LogP contribution in [0.25, 0.3) is 0 Å². The number of nitrogens with zero attached hydrogens (tertiary/aromatic N) is 1. The van der Waals surface area contributed by atoms with Crippen LogP contribution in [0.3, 0.4) is 0 Å². The number of methoxy groups -OCH3 is 1. The summed E-state index contributed by atoms with van der Waals surface area (Å²) in [5.74, 6) is 0.128. The van der Waals surface area contributed by atoms with Crippen LogP contribution in [0.1, 0.15) is 33.5 Å². The monoisotopic (exact) mass is 371 g/mol. The maximum absolute atomic E-state index is 12.0. The van der Waals surface area contributed by atoms with Crippen molar-refractivity contribution in [3.05, 3.63) is 58.9 Å². The molecule has 0 saturated carbocycles. The van der Waals surface area contributed by atoms with Gasteiger partial charge in [0.1, 0.15) is 18.1 Å². The van der Waals surface area contributed by atoms with Crippen LogP contribution in [-0.2, 0) is 11.3 Å². The number of thiazole rings is 1. The Bertz CT molecular complexity index is 915. The third-order valence-electron chi connectivity index (χ3n) is 3.55. The quantitative estimate of drug-likeness (QED) is 0.485. The molecule has 0 amide bonds. The summed E-state index contributed by atoms with van der Waals surface area (Å²) in [5, 5.41) is 5.69. The number of H-pyrrole nitrogens is 1. The van der Waals surface area contributed by atoms with Crippen molar-refractivity contribution in [1.82, 2.24) is 9.97 Å². The van der Waals surface area contributed by atoms with Crippen LogP contribution >= 0.6 is 11.3 Å². The van der Waals surface area contributed by atoms with Crippen molar-refractivity contribution in [3.63, 3.8) is 0 Å². The van der Waals surface area contributed by atoms with E-state index in [0.29, 0.717) is 16.4 Å². The van der Waals surface area contributed by atoms with E-state index in [1.54, 1.807) is 7.11 Å². The average Bonchev–Trinajstić information content (AvgIpc) is 3.30. The van der Waals surface area contributed by atoms with Gasteiger partial charge in [0.2, 0.25) is 0 Å². The summed E-state index contributed by atoms with van der Waals surface area (Å²) in [6, 6.07) is 8.95. The Morgan fingerprint density at radius 2 is 2.04 bits per heavy atom. The number of hydrogen-bond acceptors (Lipinski definition) is 7. The molecule has 26 heavy (non-hydrogen) atoms. The fourth-order valence-electron chi connectivity index (χ4n) is 2.16. The fourth-order valence-corrected chi connectivity index (χ4v) is 2.88. The second-order valence-corrected chi connectivity index (χ2v) is 6.29. The number of esters is 1. The second-order valence-electron chi connectivity index (χ2n) is 5.43. The summed E-state index contributed by atoms with van der Waals surface area (Å²) in [6.07, 6.45) is 1.48. The number of carbonyl (C=O) groups excluding carboxylic acids is 2. The van der Waals surface area contributed by atoms with Gasteiger partial charge in [0, 0.05) is 22.8 Å². The number of aromatic amines is 1. The molecule has 0 bridgehead atoms. The van der Waals surface area contributed by atoms with Crippen LogP contribution in [0.2, 0.25) is 0 Å². The van der Waals surface area contributed by atoms with Crippen molar-refractivity contribution in [2.24, 2.45) is 0 Å². The van der Waals surface area contributed by atoms with Crippen molar-refractivity contribution >= 4 is 33.9 Å². The van der Waals surface area contributed by atoms with E-state index < -0.39 is 5.97 Å². The first kappa shape index (κ1) is 17.7. The summed E-state index contributed by atoms with van der Waals surface area (Å²) in [7, 11) is 1.62. The first-order valence-electron chi connectivity index (χ1n) is 7.77. The third kappa shape index (κ3) is 4.28. The van der Waals surface area contributed by atoms with Gasteiger partial charge in [-0.05, 0) is 37.3 Å². The predicted octanol–water partition coefficient (Wildman–Crippen LogP) is 3.78. The topological polar surface area (TPSA) is 93.3 Å². The van der Waals surface area contributed by atoms with Crippen LogP contribution < -0.4 is 10.1 Å². The largest absolute Gasteiger partial charge is 0.497 e. The fraction of sp³-hybridized carbons (Fsp3) is 0.167. The Morgan fingerprint density at radius 1 is 1.27 bits per heavy atom. The van der Waals surface area contributed by atoms with Crippen molar-refractivity contribution in [3.8, 4) is 5.75 Å². The molecule has 2 N–H and O–H groups in total. The molecule has 0 aliphatic carbocycles. The van der Waals surface area contributed by atoms with Gasteiger partial charge in [0.25, 0.3) is 0 Å². The zero-order chi connectivity index (χ0) is 18.5. The molecule has 134 valence electrons. The zero-order valence-corrected chi connectivity index (χ0v) is 15.1. The van der Waals surface area contributed by atoms with Gasteiger partial charge in [-0.2, -0.15) is 0 Å². The molecule has 7 nitrogen and oxygen atoms in total. The Hall–Kier alpha value is -3.13. The summed E-state index contributed by atoms with van der Waals surface area (Å²) < 4.78 is 10.3. The number of rotatable bonds is 7. The molecule has 3 rings (SSSR count). The molecule has 0 radical (unpaired) electrons. The lowest BCUT2D eigenvalue weighted by Gasteiger charge is -2.04. The second kappa shape index (κ2) is 7.83. The summed E-state index contributed by atoms with van der Waals surface area (Å²) in [6.45, 7) is 1.49. The summed E-state index contributed by atoms with van der Waals surface area (Å²) in [4.78, 5) is 30.4. The standard InChI is InChI=1S/C18H17N3O4S/c1-11(22)12-7-16(19-8-12)17(23)25-9-14-10-26-18(21-14)20-13-3-5-15(24-2)6-4-13/h3-8,10,19H,9H2,1-2H3,(H,20,21). The Kier molecular flexibility index (Phi) is 5.33. The summed E-state index contributed by atoms with van der Waals surface area (Å²) >= 11 is 1.41. The Balaban J connectivity index is 1.55. The molecular weight excluding hydrogens is 354 g/mol. The van der Waals surface area contributed by atoms with Crippen molar-refractivity contribution in [2.75, 3.05) is 12.4 Å².